The van der Waals surface area contributed by atoms with Gasteiger partial charge in [0.25, 0.3) is 0 Å². The molecule has 7 nitrogen and oxygen atoms in total. The number of fused-ring (bicyclic) bond motifs is 1. The number of carbonyl (C=O) groups excluding carboxylic acids is 3. The molecule has 3 rings (SSSR count). The molecule has 3 aliphatic rings. The summed E-state index contributed by atoms with van der Waals surface area (Å²) in [6.45, 7) is 12.3. The Bertz CT molecular complexity index is 732. The molecule has 0 aromatic rings. The van der Waals surface area contributed by atoms with Crippen LogP contribution in [0.25, 0.3) is 0 Å². The fourth-order valence-electron chi connectivity index (χ4n) is 5.96. The first-order valence-corrected chi connectivity index (χ1v) is 12.6. The number of thioether (sulfide) groups is 1. The van der Waals surface area contributed by atoms with Gasteiger partial charge in [0.1, 0.15) is 6.04 Å². The summed E-state index contributed by atoms with van der Waals surface area (Å²) in [7, 11) is 0. The highest BCUT2D eigenvalue weighted by Crippen LogP contribution is 2.71. The average molecular weight is 454 g/mol. The van der Waals surface area contributed by atoms with Crippen molar-refractivity contribution >= 4 is 29.5 Å². The molecular formula is C23H39N3O4S. The van der Waals surface area contributed by atoms with E-state index >= 15 is 0 Å². The predicted molar refractivity (Wildman–Crippen MR) is 122 cm³/mol. The van der Waals surface area contributed by atoms with Crippen molar-refractivity contribution in [3.63, 3.8) is 0 Å². The van der Waals surface area contributed by atoms with Crippen LogP contribution in [0.3, 0.4) is 0 Å². The van der Waals surface area contributed by atoms with Crippen molar-refractivity contribution in [3.8, 4) is 0 Å². The fraction of sp³-hybridized carbons (Fsp3) is 0.870. The molecular weight excluding hydrogens is 414 g/mol. The number of carbonyl (C=O) groups is 3. The van der Waals surface area contributed by atoms with Gasteiger partial charge in [-0.2, -0.15) is 0 Å². The predicted octanol–water partition coefficient (Wildman–Crippen LogP) is 1.93. The minimum absolute atomic E-state index is 0.0451. The molecule has 3 amide bonds. The van der Waals surface area contributed by atoms with Crippen molar-refractivity contribution in [1.29, 1.82) is 0 Å². The first kappa shape index (κ1) is 24.4. The summed E-state index contributed by atoms with van der Waals surface area (Å²) in [4.78, 5) is 42.4. The van der Waals surface area contributed by atoms with E-state index in [0.717, 1.165) is 25.7 Å². The van der Waals surface area contributed by atoms with Gasteiger partial charge >= 0.3 is 0 Å². The molecule has 3 fully saturated rings. The molecule has 3 N–H and O–H groups in total. The molecule has 1 spiro atoms. The van der Waals surface area contributed by atoms with Gasteiger partial charge in [-0.3, -0.25) is 14.4 Å². The molecule has 0 aromatic heterocycles. The summed E-state index contributed by atoms with van der Waals surface area (Å²) in [6, 6.07) is -1.17. The summed E-state index contributed by atoms with van der Waals surface area (Å²) >= 11 is 1.67. The lowest BCUT2D eigenvalue weighted by molar-refractivity contribution is -0.144. The van der Waals surface area contributed by atoms with E-state index in [1.54, 1.807) is 16.7 Å². The molecule has 0 radical (unpaired) electrons. The highest BCUT2D eigenvalue weighted by Gasteiger charge is 2.77. The van der Waals surface area contributed by atoms with Gasteiger partial charge in [-0.1, -0.05) is 27.2 Å². The molecule has 176 valence electrons. The molecule has 8 heteroatoms. The normalized spacial score (nSPS) is 35.9. The van der Waals surface area contributed by atoms with Crippen LogP contribution < -0.4 is 10.6 Å². The smallest absolute Gasteiger partial charge is 0.244 e. The van der Waals surface area contributed by atoms with Gasteiger partial charge in [0.2, 0.25) is 17.7 Å². The summed E-state index contributed by atoms with van der Waals surface area (Å²) in [5.41, 5.74) is 0. The van der Waals surface area contributed by atoms with Crippen molar-refractivity contribution < 1.29 is 19.5 Å². The van der Waals surface area contributed by atoms with E-state index in [2.05, 4.69) is 17.6 Å². The van der Waals surface area contributed by atoms with E-state index in [1.165, 1.54) is 0 Å². The summed E-state index contributed by atoms with van der Waals surface area (Å²) < 4.78 is -0.981. The fourth-order valence-corrected chi connectivity index (χ4v) is 8.30. The second-order valence-electron chi connectivity index (χ2n) is 10.1. The third-order valence-corrected chi connectivity index (χ3v) is 9.56. The first-order chi connectivity index (χ1) is 14.6. The second kappa shape index (κ2) is 8.93. The van der Waals surface area contributed by atoms with Gasteiger partial charge in [-0.05, 0) is 46.0 Å². The Morgan fingerprint density at radius 3 is 2.45 bits per heavy atom. The Balaban J connectivity index is 2.08. The molecule has 2 unspecified atom stereocenters. The number of likely N-dealkylation sites (tertiary alicyclic amines) is 1. The zero-order valence-electron chi connectivity index (χ0n) is 19.7. The summed E-state index contributed by atoms with van der Waals surface area (Å²) in [5.74, 6) is -1.33. The Morgan fingerprint density at radius 1 is 1.23 bits per heavy atom. The van der Waals surface area contributed by atoms with Crippen LogP contribution in [-0.4, -0.2) is 68.5 Å². The van der Waals surface area contributed by atoms with Crippen molar-refractivity contribution in [2.45, 2.75) is 94.8 Å². The maximum atomic E-state index is 14.0. The van der Waals surface area contributed by atoms with Crippen molar-refractivity contribution in [1.82, 2.24) is 15.5 Å². The summed E-state index contributed by atoms with van der Waals surface area (Å²) in [6.07, 6.45) is 3.15. The van der Waals surface area contributed by atoms with E-state index in [0.29, 0.717) is 6.54 Å². The monoisotopic (exact) mass is 453 g/mol. The minimum atomic E-state index is -0.672. The standard InChI is InChI=1S/C23H39N3O4S/c1-7-11-24-19(28)16-17-21(30)26(15(12-27)14(5)8-2)18(20(29)25-13(3)4)23(17)10-9-22(16,6)31-23/h13-18,27H,7-12H2,1-6H3,(H,24,28)(H,25,29)/t14-,15-,16-,17-,18?,22+,23?/m0/s1. The van der Waals surface area contributed by atoms with Crippen molar-refractivity contribution in [2.24, 2.45) is 17.8 Å². The number of aliphatic hydroxyl groups excluding tert-OH is 1. The molecule has 0 aromatic carbocycles. The Hall–Kier alpha value is -1.28. The van der Waals surface area contributed by atoms with Gasteiger partial charge in [0.05, 0.1) is 29.2 Å². The summed E-state index contributed by atoms with van der Waals surface area (Å²) in [5, 5.41) is 16.3. The van der Waals surface area contributed by atoms with E-state index in [4.69, 9.17) is 0 Å². The number of hydrogen-bond acceptors (Lipinski definition) is 5. The van der Waals surface area contributed by atoms with E-state index in [-0.39, 0.29) is 41.0 Å². The van der Waals surface area contributed by atoms with Crippen LogP contribution in [0.5, 0.6) is 0 Å². The zero-order valence-corrected chi connectivity index (χ0v) is 20.6. The molecule has 31 heavy (non-hydrogen) atoms. The molecule has 3 aliphatic heterocycles. The molecule has 0 aliphatic carbocycles. The lowest BCUT2D eigenvalue weighted by Gasteiger charge is -2.39. The lowest BCUT2D eigenvalue weighted by Crippen LogP contribution is -2.58. The van der Waals surface area contributed by atoms with Crippen LogP contribution >= 0.6 is 11.8 Å². The molecule has 3 heterocycles. The van der Waals surface area contributed by atoms with E-state index < -0.39 is 28.7 Å². The Kier molecular flexibility index (Phi) is 7.02. The SMILES string of the molecule is CCCNC(=O)[C@@H]1[C@H]2C(=O)N([C@@H](CO)[C@@H](C)CC)C(C(=O)NC(C)C)C23CC[C@@]1(C)S3. The largest absolute Gasteiger partial charge is 0.394 e. The van der Waals surface area contributed by atoms with Crippen LogP contribution in [0.2, 0.25) is 0 Å². The number of amides is 3. The second-order valence-corrected chi connectivity index (χ2v) is 12.0. The highest BCUT2D eigenvalue weighted by molar-refractivity contribution is 8.02. The molecule has 3 saturated heterocycles. The van der Waals surface area contributed by atoms with Gasteiger partial charge in [-0.15, -0.1) is 11.8 Å². The van der Waals surface area contributed by atoms with Crippen LogP contribution in [0.1, 0.15) is 67.2 Å². The minimum Gasteiger partial charge on any atom is -0.394 e. The maximum Gasteiger partial charge on any atom is 0.244 e. The molecule has 0 saturated carbocycles. The Morgan fingerprint density at radius 2 is 1.90 bits per heavy atom. The number of aliphatic hydroxyl groups is 1. The first-order valence-electron chi connectivity index (χ1n) is 11.8. The highest BCUT2D eigenvalue weighted by atomic mass is 32.2. The molecule has 7 atom stereocenters. The van der Waals surface area contributed by atoms with Crippen LogP contribution in [-0.2, 0) is 14.4 Å². The van der Waals surface area contributed by atoms with E-state index in [9.17, 15) is 19.5 Å². The van der Waals surface area contributed by atoms with Crippen LogP contribution in [0.15, 0.2) is 0 Å². The average Bonchev–Trinajstić information content (AvgIpc) is 3.27. The van der Waals surface area contributed by atoms with Crippen LogP contribution in [0.4, 0.5) is 0 Å². The third-order valence-electron chi connectivity index (χ3n) is 7.57. The number of nitrogens with zero attached hydrogens (tertiary/aromatic N) is 1. The Labute approximate surface area is 190 Å². The number of nitrogens with one attached hydrogen (secondary N) is 2. The topological polar surface area (TPSA) is 98.7 Å². The maximum absolute atomic E-state index is 14.0. The number of hydrogen-bond donors (Lipinski definition) is 3. The zero-order chi connectivity index (χ0) is 23.1. The van der Waals surface area contributed by atoms with Gasteiger partial charge < -0.3 is 20.6 Å². The van der Waals surface area contributed by atoms with Gasteiger partial charge in [0, 0.05) is 17.3 Å². The third kappa shape index (κ3) is 3.77. The van der Waals surface area contributed by atoms with Crippen molar-refractivity contribution in [2.75, 3.05) is 13.2 Å². The lowest BCUT2D eigenvalue weighted by atomic mass is 9.66. The van der Waals surface area contributed by atoms with Crippen LogP contribution in [0, 0.1) is 17.8 Å². The van der Waals surface area contributed by atoms with Gasteiger partial charge in [-0.25, -0.2) is 0 Å². The molecule has 2 bridgehead atoms. The number of rotatable bonds is 9. The quantitative estimate of drug-likeness (QED) is 0.495. The van der Waals surface area contributed by atoms with Gasteiger partial charge in [0.15, 0.2) is 0 Å². The van der Waals surface area contributed by atoms with Crippen molar-refractivity contribution in [3.05, 3.63) is 0 Å². The van der Waals surface area contributed by atoms with E-state index in [1.807, 2.05) is 34.6 Å².